The molecule has 0 saturated heterocycles. The molecule has 0 fully saturated rings. The summed E-state index contributed by atoms with van der Waals surface area (Å²) >= 11 is 0. The molecule has 5 aromatic carbocycles. The molecule has 2 aliphatic rings. The van der Waals surface area contributed by atoms with Crippen molar-refractivity contribution in [2.24, 2.45) is 0 Å². The van der Waals surface area contributed by atoms with Gasteiger partial charge in [0.1, 0.15) is 16.7 Å². The third kappa shape index (κ3) is 2.01. The van der Waals surface area contributed by atoms with E-state index in [9.17, 15) is 0 Å². The van der Waals surface area contributed by atoms with Gasteiger partial charge in [-0.3, -0.25) is 0 Å². The second-order valence-corrected chi connectivity index (χ2v) is 11.4. The van der Waals surface area contributed by atoms with Gasteiger partial charge in [-0.1, -0.05) is 66.7 Å². The van der Waals surface area contributed by atoms with Gasteiger partial charge in [0.05, 0.1) is 10.9 Å². The molecule has 5 heteroatoms. The minimum atomic E-state index is -0.0115. The molecule has 4 aromatic heterocycles. The largest absolute Gasteiger partial charge is 0.454 e. The maximum Gasteiger partial charge on any atom is 0.336 e. The molecular formula is C35H19BN2O2. The zero-order valence-corrected chi connectivity index (χ0v) is 21.5. The van der Waals surface area contributed by atoms with Crippen LogP contribution in [0.4, 0.5) is 0 Å². The lowest BCUT2D eigenvalue weighted by atomic mass is 9.45. The average molecular weight is 510 g/mol. The van der Waals surface area contributed by atoms with Gasteiger partial charge in [-0.15, -0.1) is 0 Å². The Balaban J connectivity index is 1.43. The maximum atomic E-state index is 6.71. The van der Waals surface area contributed by atoms with Gasteiger partial charge in [0, 0.05) is 38.3 Å². The highest BCUT2D eigenvalue weighted by atomic mass is 16.3. The zero-order chi connectivity index (χ0) is 25.9. The number of aryl methyl sites for hydroxylation is 1. The molecule has 0 spiro atoms. The molecule has 0 bridgehead atoms. The molecule has 0 atom stereocenters. The molecular weight excluding hydrogens is 491 g/mol. The summed E-state index contributed by atoms with van der Waals surface area (Å²) in [5, 5.41) is 5.92. The third-order valence-corrected chi connectivity index (χ3v) is 9.33. The van der Waals surface area contributed by atoms with Crippen LogP contribution in [0.15, 0.2) is 106 Å². The van der Waals surface area contributed by atoms with Gasteiger partial charge in [-0.2, -0.15) is 0 Å². The topological polar surface area (TPSA) is 36.1 Å². The Labute approximate surface area is 227 Å². The quantitative estimate of drug-likeness (QED) is 0.197. The van der Waals surface area contributed by atoms with Gasteiger partial charge < -0.3 is 17.9 Å². The Kier molecular flexibility index (Phi) is 3.15. The van der Waals surface area contributed by atoms with E-state index < -0.39 is 0 Å². The van der Waals surface area contributed by atoms with Crippen LogP contribution in [-0.4, -0.2) is 15.9 Å². The van der Waals surface area contributed by atoms with Crippen LogP contribution in [0.5, 0.6) is 0 Å². The lowest BCUT2D eigenvalue weighted by molar-refractivity contribution is 0.651. The van der Waals surface area contributed by atoms with E-state index >= 15 is 0 Å². The number of para-hydroxylation sites is 4. The molecule has 0 amide bonds. The van der Waals surface area contributed by atoms with Gasteiger partial charge in [-0.25, -0.2) is 0 Å². The predicted octanol–water partition coefficient (Wildman–Crippen LogP) is 7.64. The molecule has 184 valence electrons. The first kappa shape index (κ1) is 19.8. The van der Waals surface area contributed by atoms with Crippen LogP contribution in [0.25, 0.3) is 82.8 Å². The van der Waals surface area contributed by atoms with Crippen molar-refractivity contribution in [3.8, 4) is 16.8 Å². The van der Waals surface area contributed by atoms with Gasteiger partial charge in [0.2, 0.25) is 0 Å². The SMILES string of the molecule is Cc1cc2c3c(c1)-n1c4c(cccc4c4oc5ccccc5c41)B3n1c3oc4ccccc4c3c3cccc-2c31. The molecule has 0 unspecified atom stereocenters. The summed E-state index contributed by atoms with van der Waals surface area (Å²) in [4.78, 5) is 0. The highest BCUT2D eigenvalue weighted by molar-refractivity contribution is 6.90. The summed E-state index contributed by atoms with van der Waals surface area (Å²) < 4.78 is 18.2. The van der Waals surface area contributed by atoms with E-state index in [0.717, 1.165) is 38.8 Å². The smallest absolute Gasteiger partial charge is 0.336 e. The van der Waals surface area contributed by atoms with E-state index in [-0.39, 0.29) is 6.85 Å². The third-order valence-electron chi connectivity index (χ3n) is 9.33. The summed E-state index contributed by atoms with van der Waals surface area (Å²) in [5.41, 5.74) is 15.0. The summed E-state index contributed by atoms with van der Waals surface area (Å²) in [6, 6.07) is 35.0. The lowest BCUT2D eigenvalue weighted by Crippen LogP contribution is -2.55. The van der Waals surface area contributed by atoms with Crippen molar-refractivity contribution in [2.45, 2.75) is 6.92 Å². The van der Waals surface area contributed by atoms with Crippen molar-refractivity contribution in [2.75, 3.05) is 0 Å². The normalized spacial score (nSPS) is 13.6. The summed E-state index contributed by atoms with van der Waals surface area (Å²) in [7, 11) is 0. The molecule has 4 nitrogen and oxygen atoms in total. The predicted molar refractivity (Wildman–Crippen MR) is 164 cm³/mol. The van der Waals surface area contributed by atoms with Crippen LogP contribution < -0.4 is 10.9 Å². The van der Waals surface area contributed by atoms with Crippen molar-refractivity contribution in [1.29, 1.82) is 0 Å². The monoisotopic (exact) mass is 510 g/mol. The fraction of sp³-hybridized carbons (Fsp3) is 0.0286. The molecule has 9 aromatic rings. The van der Waals surface area contributed by atoms with Gasteiger partial charge >= 0.3 is 6.85 Å². The minimum absolute atomic E-state index is 0.0115. The fourth-order valence-electron chi connectivity index (χ4n) is 7.93. The number of rotatable bonds is 0. The molecule has 11 rings (SSSR count). The number of nitrogens with zero attached hydrogens (tertiary/aromatic N) is 2. The Morgan fingerprint density at radius 2 is 1.38 bits per heavy atom. The Morgan fingerprint density at radius 1 is 0.625 bits per heavy atom. The summed E-state index contributed by atoms with van der Waals surface area (Å²) in [5.74, 6) is 0. The molecule has 6 heterocycles. The van der Waals surface area contributed by atoms with E-state index in [1.54, 1.807) is 0 Å². The lowest BCUT2D eigenvalue weighted by Gasteiger charge is -2.33. The maximum absolute atomic E-state index is 6.71. The van der Waals surface area contributed by atoms with E-state index in [4.69, 9.17) is 8.83 Å². The van der Waals surface area contributed by atoms with Crippen LogP contribution in [0.2, 0.25) is 0 Å². The highest BCUT2D eigenvalue weighted by Crippen LogP contribution is 2.46. The van der Waals surface area contributed by atoms with Crippen molar-refractivity contribution < 1.29 is 8.83 Å². The second-order valence-electron chi connectivity index (χ2n) is 11.4. The fourth-order valence-corrected chi connectivity index (χ4v) is 7.93. The number of hydrogen-bond acceptors (Lipinski definition) is 2. The van der Waals surface area contributed by atoms with Crippen LogP contribution in [0.1, 0.15) is 5.56 Å². The molecule has 2 aliphatic heterocycles. The highest BCUT2D eigenvalue weighted by Gasteiger charge is 2.43. The van der Waals surface area contributed by atoms with Crippen molar-refractivity contribution in [3.05, 3.63) is 103 Å². The Morgan fingerprint density at radius 3 is 2.27 bits per heavy atom. The van der Waals surface area contributed by atoms with Crippen LogP contribution in [0.3, 0.4) is 0 Å². The molecule has 0 aliphatic carbocycles. The molecule has 0 radical (unpaired) electrons. The number of furan rings is 2. The first-order valence-corrected chi connectivity index (χ1v) is 13.8. The number of benzene rings is 5. The molecule has 40 heavy (non-hydrogen) atoms. The van der Waals surface area contributed by atoms with E-state index in [1.165, 1.54) is 60.5 Å². The van der Waals surface area contributed by atoms with Gasteiger partial charge in [0.15, 0.2) is 11.3 Å². The summed E-state index contributed by atoms with van der Waals surface area (Å²) in [6.07, 6.45) is 0. The number of fused-ring (bicyclic) bond motifs is 14. The number of hydrogen-bond donors (Lipinski definition) is 0. The van der Waals surface area contributed by atoms with Crippen LogP contribution in [-0.2, 0) is 0 Å². The van der Waals surface area contributed by atoms with Crippen LogP contribution >= 0.6 is 0 Å². The first-order valence-electron chi connectivity index (χ1n) is 13.8. The zero-order valence-electron chi connectivity index (χ0n) is 21.5. The average Bonchev–Trinajstić information content (AvgIpc) is 3.71. The van der Waals surface area contributed by atoms with Crippen molar-refractivity contribution >= 4 is 83.7 Å². The van der Waals surface area contributed by atoms with E-state index in [1.807, 2.05) is 6.07 Å². The molecule has 0 saturated carbocycles. The van der Waals surface area contributed by atoms with Crippen molar-refractivity contribution in [3.63, 3.8) is 0 Å². The van der Waals surface area contributed by atoms with Gasteiger partial charge in [-0.05, 0) is 59.3 Å². The van der Waals surface area contributed by atoms with Crippen molar-refractivity contribution in [1.82, 2.24) is 9.05 Å². The van der Waals surface area contributed by atoms with Crippen LogP contribution in [0, 0.1) is 6.92 Å². The van der Waals surface area contributed by atoms with E-state index in [2.05, 4.69) is 107 Å². The second kappa shape index (κ2) is 6.35. The standard InChI is InChI=1S/C35H19BN2O2/c1-18-16-24-19-10-6-11-22-29-20-8-2-4-14-27(20)40-35(29)38(31(19)22)36-25-13-7-12-23-32(25)37(26(17-18)30(24)36)33-21-9-3-5-15-28(21)39-34(23)33/h2-17H,1H3. The van der Waals surface area contributed by atoms with E-state index in [0.29, 0.717) is 0 Å². The number of aromatic nitrogens is 2. The summed E-state index contributed by atoms with van der Waals surface area (Å²) in [6.45, 7) is 2.20. The Hall–Kier alpha value is -5.16. The van der Waals surface area contributed by atoms with Gasteiger partial charge in [0.25, 0.3) is 0 Å². The Bertz CT molecular complexity index is 2630. The minimum Gasteiger partial charge on any atom is -0.454 e. The molecule has 0 N–H and O–H groups in total. The first-order chi connectivity index (χ1) is 19.8.